The van der Waals surface area contributed by atoms with E-state index >= 15 is 0 Å². The third kappa shape index (κ3) is 3.53. The Morgan fingerprint density at radius 1 is 1.39 bits per heavy atom. The molecule has 18 heavy (non-hydrogen) atoms. The van der Waals surface area contributed by atoms with Crippen LogP contribution in [0.25, 0.3) is 0 Å². The fourth-order valence-corrected chi connectivity index (χ4v) is 2.00. The molecule has 1 rings (SSSR count). The van der Waals surface area contributed by atoms with Crippen LogP contribution in [0.1, 0.15) is 32.4 Å². The van der Waals surface area contributed by atoms with Crippen molar-refractivity contribution in [3.8, 4) is 0 Å². The standard InChI is InChI=1S/C14H20FNO2/c1-4-16(9-10(2)14(17)18)11(3)12-7-5-6-8-13(12)15/h5-8,10-11H,4,9H2,1-3H3,(H,17,18). The van der Waals surface area contributed by atoms with E-state index in [1.807, 2.05) is 18.7 Å². The first kappa shape index (κ1) is 14.6. The second-order valence-corrected chi connectivity index (χ2v) is 4.52. The monoisotopic (exact) mass is 253 g/mol. The summed E-state index contributed by atoms with van der Waals surface area (Å²) >= 11 is 0. The summed E-state index contributed by atoms with van der Waals surface area (Å²) < 4.78 is 13.7. The molecule has 2 unspecified atom stereocenters. The number of halogens is 1. The molecule has 0 aromatic heterocycles. The van der Waals surface area contributed by atoms with Gasteiger partial charge in [-0.15, -0.1) is 0 Å². The van der Waals surface area contributed by atoms with E-state index in [0.29, 0.717) is 18.7 Å². The molecule has 1 N–H and O–H groups in total. The van der Waals surface area contributed by atoms with Gasteiger partial charge in [-0.2, -0.15) is 0 Å². The van der Waals surface area contributed by atoms with Crippen LogP contribution in [0.15, 0.2) is 24.3 Å². The molecule has 1 aromatic rings. The molecular weight excluding hydrogens is 233 g/mol. The first-order valence-electron chi connectivity index (χ1n) is 6.18. The highest BCUT2D eigenvalue weighted by molar-refractivity contribution is 5.69. The van der Waals surface area contributed by atoms with Gasteiger partial charge in [0.25, 0.3) is 0 Å². The molecule has 0 radical (unpaired) electrons. The molecule has 0 amide bonds. The maximum atomic E-state index is 13.7. The van der Waals surface area contributed by atoms with Gasteiger partial charge < -0.3 is 5.11 Å². The van der Waals surface area contributed by atoms with Crippen molar-refractivity contribution in [2.24, 2.45) is 5.92 Å². The first-order valence-corrected chi connectivity index (χ1v) is 6.18. The number of hydrogen-bond donors (Lipinski definition) is 1. The summed E-state index contributed by atoms with van der Waals surface area (Å²) in [5, 5.41) is 8.93. The van der Waals surface area contributed by atoms with Crippen molar-refractivity contribution >= 4 is 5.97 Å². The molecule has 100 valence electrons. The number of carbonyl (C=O) groups is 1. The number of nitrogens with zero attached hydrogens (tertiary/aromatic N) is 1. The second-order valence-electron chi connectivity index (χ2n) is 4.52. The normalized spacial score (nSPS) is 14.5. The van der Waals surface area contributed by atoms with Crippen LogP contribution in [-0.4, -0.2) is 29.1 Å². The Bertz CT molecular complexity index is 409. The van der Waals surface area contributed by atoms with Gasteiger partial charge in [0.2, 0.25) is 0 Å². The van der Waals surface area contributed by atoms with Gasteiger partial charge in [-0.25, -0.2) is 4.39 Å². The second kappa shape index (κ2) is 6.50. The summed E-state index contributed by atoms with van der Waals surface area (Å²) in [7, 11) is 0. The highest BCUT2D eigenvalue weighted by Gasteiger charge is 2.21. The lowest BCUT2D eigenvalue weighted by molar-refractivity contribution is -0.141. The van der Waals surface area contributed by atoms with Crippen molar-refractivity contribution in [3.63, 3.8) is 0 Å². The lowest BCUT2D eigenvalue weighted by Crippen LogP contribution is -2.34. The first-order chi connectivity index (χ1) is 8.47. The molecule has 0 aliphatic carbocycles. The molecule has 0 saturated carbocycles. The molecule has 0 fully saturated rings. The van der Waals surface area contributed by atoms with E-state index in [1.54, 1.807) is 25.1 Å². The maximum absolute atomic E-state index is 13.7. The molecule has 0 heterocycles. The van der Waals surface area contributed by atoms with Gasteiger partial charge in [0, 0.05) is 18.2 Å². The predicted molar refractivity (Wildman–Crippen MR) is 68.9 cm³/mol. The van der Waals surface area contributed by atoms with Crippen LogP contribution >= 0.6 is 0 Å². The Morgan fingerprint density at radius 3 is 2.50 bits per heavy atom. The topological polar surface area (TPSA) is 40.5 Å². The van der Waals surface area contributed by atoms with Gasteiger partial charge in [-0.05, 0) is 19.5 Å². The van der Waals surface area contributed by atoms with Gasteiger partial charge in [0.1, 0.15) is 5.82 Å². The van der Waals surface area contributed by atoms with Crippen LogP contribution in [0.2, 0.25) is 0 Å². The summed E-state index contributed by atoms with van der Waals surface area (Å²) in [5.74, 6) is -1.53. The van der Waals surface area contributed by atoms with Crippen molar-refractivity contribution in [1.82, 2.24) is 4.90 Å². The van der Waals surface area contributed by atoms with Crippen LogP contribution in [0, 0.1) is 11.7 Å². The molecule has 0 aliphatic rings. The highest BCUT2D eigenvalue weighted by atomic mass is 19.1. The van der Waals surface area contributed by atoms with Gasteiger partial charge >= 0.3 is 5.97 Å². The molecule has 4 heteroatoms. The molecular formula is C14H20FNO2. The Morgan fingerprint density at radius 2 is 2.00 bits per heavy atom. The fraction of sp³-hybridized carbons (Fsp3) is 0.500. The van der Waals surface area contributed by atoms with Crippen molar-refractivity contribution in [2.45, 2.75) is 26.8 Å². The zero-order chi connectivity index (χ0) is 13.7. The number of aliphatic carboxylic acids is 1. The van der Waals surface area contributed by atoms with E-state index in [-0.39, 0.29) is 11.9 Å². The van der Waals surface area contributed by atoms with Crippen LogP contribution in [0.3, 0.4) is 0 Å². The van der Waals surface area contributed by atoms with E-state index in [9.17, 15) is 9.18 Å². The summed E-state index contributed by atoms with van der Waals surface area (Å²) in [6.45, 7) is 6.62. The summed E-state index contributed by atoms with van der Waals surface area (Å²) in [4.78, 5) is 12.8. The molecule has 3 nitrogen and oxygen atoms in total. The Balaban J connectivity index is 2.83. The van der Waals surface area contributed by atoms with E-state index in [4.69, 9.17) is 5.11 Å². The predicted octanol–water partition coefficient (Wildman–Crippen LogP) is 2.93. The minimum absolute atomic E-state index is 0.127. The molecule has 0 aliphatic heterocycles. The highest BCUT2D eigenvalue weighted by Crippen LogP contribution is 2.23. The quantitative estimate of drug-likeness (QED) is 0.847. The number of hydrogen-bond acceptors (Lipinski definition) is 2. The SMILES string of the molecule is CCN(CC(C)C(=O)O)C(C)c1ccccc1F. The third-order valence-electron chi connectivity index (χ3n) is 3.24. The van der Waals surface area contributed by atoms with Gasteiger partial charge in [0.15, 0.2) is 0 Å². The summed E-state index contributed by atoms with van der Waals surface area (Å²) in [6, 6.07) is 6.50. The fourth-order valence-electron chi connectivity index (χ4n) is 2.00. The molecule has 0 saturated heterocycles. The number of carboxylic acid groups (broad SMARTS) is 1. The smallest absolute Gasteiger partial charge is 0.307 e. The van der Waals surface area contributed by atoms with Crippen molar-refractivity contribution in [3.05, 3.63) is 35.6 Å². The van der Waals surface area contributed by atoms with Crippen LogP contribution in [0.4, 0.5) is 4.39 Å². The zero-order valence-electron chi connectivity index (χ0n) is 11.1. The minimum Gasteiger partial charge on any atom is -0.481 e. The number of rotatable bonds is 6. The Kier molecular flexibility index (Phi) is 5.28. The Labute approximate surface area is 107 Å². The van der Waals surface area contributed by atoms with Crippen molar-refractivity contribution in [1.29, 1.82) is 0 Å². The maximum Gasteiger partial charge on any atom is 0.307 e. The lowest BCUT2D eigenvalue weighted by Gasteiger charge is -2.29. The largest absolute Gasteiger partial charge is 0.481 e. The van der Waals surface area contributed by atoms with E-state index in [1.165, 1.54) is 6.07 Å². The van der Waals surface area contributed by atoms with Crippen molar-refractivity contribution < 1.29 is 14.3 Å². The van der Waals surface area contributed by atoms with E-state index in [2.05, 4.69) is 0 Å². The summed E-state index contributed by atoms with van der Waals surface area (Å²) in [5.41, 5.74) is 0.608. The third-order valence-corrected chi connectivity index (χ3v) is 3.24. The molecule has 0 bridgehead atoms. The summed E-state index contributed by atoms with van der Waals surface area (Å²) in [6.07, 6.45) is 0. The van der Waals surface area contributed by atoms with E-state index in [0.717, 1.165) is 0 Å². The van der Waals surface area contributed by atoms with Crippen molar-refractivity contribution in [2.75, 3.05) is 13.1 Å². The molecule has 0 spiro atoms. The van der Waals surface area contributed by atoms with Gasteiger partial charge in [0.05, 0.1) is 5.92 Å². The minimum atomic E-state index is -0.825. The molecule has 1 aromatic carbocycles. The lowest BCUT2D eigenvalue weighted by atomic mass is 10.0. The number of benzene rings is 1. The van der Waals surface area contributed by atoms with E-state index < -0.39 is 11.9 Å². The number of carboxylic acids is 1. The van der Waals surface area contributed by atoms with Gasteiger partial charge in [-0.3, -0.25) is 9.69 Å². The van der Waals surface area contributed by atoms with Crippen LogP contribution < -0.4 is 0 Å². The molecule has 2 atom stereocenters. The Hall–Kier alpha value is -1.42. The van der Waals surface area contributed by atoms with Crippen LogP contribution in [-0.2, 0) is 4.79 Å². The van der Waals surface area contributed by atoms with Gasteiger partial charge in [-0.1, -0.05) is 32.0 Å². The zero-order valence-corrected chi connectivity index (χ0v) is 11.1. The average molecular weight is 253 g/mol. The van der Waals surface area contributed by atoms with Crippen LogP contribution in [0.5, 0.6) is 0 Å². The average Bonchev–Trinajstić information content (AvgIpc) is 2.35.